The molecule has 0 bridgehead atoms. The Labute approximate surface area is 165 Å². The van der Waals surface area contributed by atoms with E-state index in [0.29, 0.717) is 18.0 Å². The number of rotatable bonds is 6. The summed E-state index contributed by atoms with van der Waals surface area (Å²) < 4.78 is 38.5. The van der Waals surface area contributed by atoms with Crippen molar-refractivity contribution in [1.82, 2.24) is 10.2 Å². The van der Waals surface area contributed by atoms with Crippen LogP contribution in [0, 0.1) is 11.8 Å². The van der Waals surface area contributed by atoms with Crippen molar-refractivity contribution in [1.29, 1.82) is 0 Å². The Morgan fingerprint density at radius 1 is 1.22 bits per heavy atom. The summed E-state index contributed by atoms with van der Waals surface area (Å²) in [5, 5.41) is 3.59. The second kappa shape index (κ2) is 9.28. The fraction of sp³-hybridized carbons (Fsp3) is 0.650. The van der Waals surface area contributed by atoms with Crippen LogP contribution in [-0.2, 0) is 17.4 Å². The number of amides is 1. The molecule has 3 nitrogen and oxygen atoms in total. The van der Waals surface area contributed by atoms with E-state index in [1.54, 1.807) is 13.0 Å². The van der Waals surface area contributed by atoms with Crippen molar-refractivity contribution in [2.75, 3.05) is 19.6 Å². The summed E-state index contributed by atoms with van der Waals surface area (Å²) in [5.74, 6) is 0.583. The number of hydrogen-bond acceptors (Lipinski definition) is 2. The molecule has 1 unspecified atom stereocenters. The number of nitrogens with zero attached hydrogens (tertiary/aromatic N) is 1. The van der Waals surface area contributed by atoms with Crippen molar-refractivity contribution in [3.05, 3.63) is 35.4 Å². The first-order chi connectivity index (χ1) is 12.3. The van der Waals surface area contributed by atoms with Crippen LogP contribution in [0.2, 0.25) is 0 Å². The van der Waals surface area contributed by atoms with Crippen molar-refractivity contribution >= 4 is 18.3 Å². The predicted octanol–water partition coefficient (Wildman–Crippen LogP) is 4.30. The molecule has 27 heavy (non-hydrogen) atoms. The van der Waals surface area contributed by atoms with E-state index < -0.39 is 11.7 Å². The summed E-state index contributed by atoms with van der Waals surface area (Å²) in [6.07, 6.45) is 0.555. The van der Waals surface area contributed by atoms with Gasteiger partial charge in [-0.15, -0.1) is 12.4 Å². The van der Waals surface area contributed by atoms with Gasteiger partial charge in [0.2, 0.25) is 5.91 Å². The number of carbonyl (C=O) groups excluding carboxylic acids is 1. The third-order valence-corrected chi connectivity index (χ3v) is 5.42. The average molecular weight is 405 g/mol. The molecule has 1 aliphatic heterocycles. The third-order valence-electron chi connectivity index (χ3n) is 5.42. The van der Waals surface area contributed by atoms with Crippen molar-refractivity contribution in [3.63, 3.8) is 0 Å². The summed E-state index contributed by atoms with van der Waals surface area (Å²) in [7, 11) is 0. The summed E-state index contributed by atoms with van der Waals surface area (Å²) in [5.41, 5.74) is -0.0983. The minimum absolute atomic E-state index is 0. The lowest BCUT2D eigenvalue weighted by Gasteiger charge is -2.34. The Hall–Kier alpha value is -1.27. The molecule has 152 valence electrons. The first-order valence-electron chi connectivity index (χ1n) is 9.51. The Bertz CT molecular complexity index is 626. The van der Waals surface area contributed by atoms with Gasteiger partial charge in [-0.25, -0.2) is 0 Å². The largest absolute Gasteiger partial charge is 0.416 e. The van der Waals surface area contributed by atoms with E-state index in [2.05, 4.69) is 5.32 Å². The highest BCUT2D eigenvalue weighted by Crippen LogP contribution is 2.30. The summed E-state index contributed by atoms with van der Waals surface area (Å²) in [4.78, 5) is 14.5. The van der Waals surface area contributed by atoms with Gasteiger partial charge in [-0.05, 0) is 56.2 Å². The fourth-order valence-corrected chi connectivity index (χ4v) is 3.59. The zero-order valence-corrected chi connectivity index (χ0v) is 16.4. The Kier molecular flexibility index (Phi) is 7.57. The van der Waals surface area contributed by atoms with E-state index in [0.717, 1.165) is 50.5 Å². The molecule has 1 saturated heterocycles. The van der Waals surface area contributed by atoms with Crippen LogP contribution >= 0.6 is 12.4 Å². The monoisotopic (exact) mass is 404 g/mol. The highest BCUT2D eigenvalue weighted by molar-refractivity contribution is 5.85. The molecule has 1 aliphatic carbocycles. The predicted molar refractivity (Wildman–Crippen MR) is 102 cm³/mol. The van der Waals surface area contributed by atoms with Crippen molar-refractivity contribution in [2.45, 2.75) is 51.2 Å². The highest BCUT2D eigenvalue weighted by Gasteiger charge is 2.31. The number of hydrogen-bond donors (Lipinski definition) is 1. The van der Waals surface area contributed by atoms with Gasteiger partial charge in [0.1, 0.15) is 0 Å². The lowest BCUT2D eigenvalue weighted by Crippen LogP contribution is -2.47. The molecule has 1 atom stereocenters. The van der Waals surface area contributed by atoms with Gasteiger partial charge in [0.05, 0.1) is 5.56 Å². The quantitative estimate of drug-likeness (QED) is 0.766. The number of alkyl halides is 3. The van der Waals surface area contributed by atoms with E-state index in [-0.39, 0.29) is 24.2 Å². The zero-order valence-electron chi connectivity index (χ0n) is 15.6. The Morgan fingerprint density at radius 3 is 2.48 bits per heavy atom. The maximum absolute atomic E-state index is 12.8. The molecular formula is C20H28ClF3N2O. The smallest absolute Gasteiger partial charge is 0.342 e. The number of likely N-dealkylation sites (tertiary alicyclic amines) is 1. The van der Waals surface area contributed by atoms with Crippen LogP contribution in [-0.4, -0.2) is 36.5 Å². The van der Waals surface area contributed by atoms with Crippen LogP contribution < -0.4 is 5.32 Å². The molecular weight excluding hydrogens is 377 g/mol. The number of halogens is 4. The summed E-state index contributed by atoms with van der Waals surface area (Å²) in [6, 6.07) is 5.77. The van der Waals surface area contributed by atoms with Gasteiger partial charge < -0.3 is 10.2 Å². The lowest BCUT2D eigenvalue weighted by atomic mass is 9.96. The van der Waals surface area contributed by atoms with Gasteiger partial charge in [0, 0.05) is 25.0 Å². The average Bonchev–Trinajstić information content (AvgIpc) is 3.44. The molecule has 3 rings (SSSR count). The SMILES string of the molecule is CC(Cc1cccc(C(F)(F)F)c1)C(=O)N1CCC(NCC2CC2)CC1.Cl. The van der Waals surface area contributed by atoms with Crippen LogP contribution in [0.15, 0.2) is 24.3 Å². The van der Waals surface area contributed by atoms with Gasteiger partial charge in [0.25, 0.3) is 0 Å². The van der Waals surface area contributed by atoms with E-state index in [9.17, 15) is 18.0 Å². The normalized spacial score (nSPS) is 19.5. The maximum atomic E-state index is 12.8. The number of benzene rings is 1. The Balaban J connectivity index is 0.00000261. The number of piperidine rings is 1. The molecule has 1 N–H and O–H groups in total. The zero-order chi connectivity index (χ0) is 18.7. The minimum Gasteiger partial charge on any atom is -0.342 e. The molecule has 2 aliphatic rings. The third kappa shape index (κ3) is 6.39. The molecule has 0 spiro atoms. The standard InChI is InChI=1S/C20H27F3N2O.ClH/c1-14(11-16-3-2-4-17(12-16)20(21,22)23)19(26)25-9-7-18(8-10-25)24-13-15-5-6-15;/h2-4,12,14-15,18,24H,5-11,13H2,1H3;1H. The molecule has 1 saturated carbocycles. The molecule has 1 aromatic rings. The second-order valence-electron chi connectivity index (χ2n) is 7.75. The van der Waals surface area contributed by atoms with Gasteiger partial charge in [-0.1, -0.05) is 25.1 Å². The van der Waals surface area contributed by atoms with Gasteiger partial charge in [-0.2, -0.15) is 13.2 Å². The molecule has 7 heteroatoms. The molecule has 2 fully saturated rings. The van der Waals surface area contributed by atoms with Gasteiger partial charge in [-0.3, -0.25) is 4.79 Å². The summed E-state index contributed by atoms with van der Waals surface area (Å²) >= 11 is 0. The molecule has 0 aromatic heterocycles. The van der Waals surface area contributed by atoms with Crippen LogP contribution in [0.5, 0.6) is 0 Å². The van der Waals surface area contributed by atoms with Crippen molar-refractivity contribution in [3.8, 4) is 0 Å². The van der Waals surface area contributed by atoms with Crippen LogP contribution in [0.25, 0.3) is 0 Å². The lowest BCUT2D eigenvalue weighted by molar-refractivity contribution is -0.137. The molecule has 1 aromatic carbocycles. The first-order valence-corrected chi connectivity index (χ1v) is 9.51. The van der Waals surface area contributed by atoms with Crippen molar-refractivity contribution < 1.29 is 18.0 Å². The fourth-order valence-electron chi connectivity index (χ4n) is 3.59. The molecule has 1 heterocycles. The van der Waals surface area contributed by atoms with Crippen LogP contribution in [0.1, 0.15) is 43.7 Å². The first kappa shape index (κ1) is 22.0. The molecule has 0 radical (unpaired) electrons. The van der Waals surface area contributed by atoms with Crippen LogP contribution in [0.3, 0.4) is 0 Å². The van der Waals surface area contributed by atoms with E-state index in [4.69, 9.17) is 0 Å². The van der Waals surface area contributed by atoms with E-state index in [1.807, 2.05) is 4.90 Å². The minimum atomic E-state index is -4.35. The maximum Gasteiger partial charge on any atom is 0.416 e. The van der Waals surface area contributed by atoms with Gasteiger partial charge >= 0.3 is 6.18 Å². The second-order valence-corrected chi connectivity index (χ2v) is 7.75. The van der Waals surface area contributed by atoms with Crippen molar-refractivity contribution in [2.24, 2.45) is 11.8 Å². The summed E-state index contributed by atoms with van der Waals surface area (Å²) in [6.45, 7) is 4.35. The number of nitrogens with one attached hydrogen (secondary N) is 1. The molecule has 1 amide bonds. The highest BCUT2D eigenvalue weighted by atomic mass is 35.5. The van der Waals surface area contributed by atoms with E-state index >= 15 is 0 Å². The van der Waals surface area contributed by atoms with E-state index in [1.165, 1.54) is 18.9 Å². The number of carbonyl (C=O) groups is 1. The van der Waals surface area contributed by atoms with Crippen LogP contribution in [0.4, 0.5) is 13.2 Å². The topological polar surface area (TPSA) is 32.3 Å². The Morgan fingerprint density at radius 2 is 1.89 bits per heavy atom. The van der Waals surface area contributed by atoms with Gasteiger partial charge in [0.15, 0.2) is 0 Å².